The molecule has 0 unspecified atom stereocenters. The van der Waals surface area contributed by atoms with Gasteiger partial charge in [0.1, 0.15) is 29.8 Å². The summed E-state index contributed by atoms with van der Waals surface area (Å²) in [5.74, 6) is 0.251. The Morgan fingerprint density at radius 1 is 0.902 bits per heavy atom. The molecule has 1 N–H and O–H groups in total. The van der Waals surface area contributed by atoms with Crippen molar-refractivity contribution in [3.63, 3.8) is 0 Å². The van der Waals surface area contributed by atoms with E-state index in [0.717, 1.165) is 9.87 Å². The fraction of sp³-hybridized carbons (Fsp3) is 0.333. The van der Waals surface area contributed by atoms with Crippen LogP contribution in [0.3, 0.4) is 0 Å². The minimum Gasteiger partial charge on any atom is -0.497 e. The zero-order chi connectivity index (χ0) is 30.2. The van der Waals surface area contributed by atoms with Gasteiger partial charge >= 0.3 is 0 Å². The van der Waals surface area contributed by atoms with Crippen LogP contribution in [0, 0.1) is 6.92 Å². The average Bonchev–Trinajstić information content (AvgIpc) is 2.99. The number of hydrogen-bond acceptors (Lipinski definition) is 7. The Hall–Kier alpha value is -4.25. The third kappa shape index (κ3) is 7.29. The summed E-state index contributed by atoms with van der Waals surface area (Å²) in [7, 11) is 1.64. The summed E-state index contributed by atoms with van der Waals surface area (Å²) in [5.41, 5.74) is 1.72. The van der Waals surface area contributed by atoms with Crippen LogP contribution in [0.5, 0.6) is 17.2 Å². The first-order valence-electron chi connectivity index (χ1n) is 13.0. The van der Waals surface area contributed by atoms with Crippen LogP contribution in [-0.2, 0) is 26.2 Å². The number of carbonyl (C=O) groups is 2. The number of aryl methyl sites for hydroxylation is 1. The van der Waals surface area contributed by atoms with Gasteiger partial charge < -0.3 is 24.4 Å². The normalized spacial score (nSPS) is 11.8. The predicted octanol–water partition coefficient (Wildman–Crippen LogP) is 3.77. The summed E-state index contributed by atoms with van der Waals surface area (Å²) < 4.78 is 45.4. The van der Waals surface area contributed by atoms with Crippen molar-refractivity contribution in [3.05, 3.63) is 77.9 Å². The molecule has 3 rings (SSSR count). The van der Waals surface area contributed by atoms with E-state index in [0.29, 0.717) is 23.5 Å². The van der Waals surface area contributed by atoms with Gasteiger partial charge in [0.25, 0.3) is 10.0 Å². The first-order chi connectivity index (χ1) is 19.6. The number of nitrogens with one attached hydrogen (secondary N) is 1. The highest BCUT2D eigenvalue weighted by Crippen LogP contribution is 2.36. The van der Waals surface area contributed by atoms with Gasteiger partial charge in [-0.25, -0.2) is 8.42 Å². The Kier molecular flexibility index (Phi) is 10.6. The second-order valence-corrected chi connectivity index (χ2v) is 11.1. The summed E-state index contributed by atoms with van der Waals surface area (Å²) in [6.07, 6.45) is 0.308. The Balaban J connectivity index is 2.15. The van der Waals surface area contributed by atoms with Gasteiger partial charge in [0, 0.05) is 19.7 Å². The lowest BCUT2D eigenvalue weighted by atomic mass is 10.1. The molecule has 0 fully saturated rings. The number of anilines is 1. The molecule has 11 heteroatoms. The monoisotopic (exact) mass is 583 g/mol. The number of likely N-dealkylation sites (N-methyl/N-ethyl adjacent to an activating group) is 1. The number of ether oxygens (including phenoxy) is 3. The minimum atomic E-state index is -4.27. The Labute approximate surface area is 241 Å². The van der Waals surface area contributed by atoms with E-state index in [1.54, 1.807) is 49.4 Å². The van der Waals surface area contributed by atoms with Crippen LogP contribution in [0.25, 0.3) is 0 Å². The number of amides is 2. The molecule has 3 aromatic rings. The highest BCUT2D eigenvalue weighted by atomic mass is 32.2. The van der Waals surface area contributed by atoms with Gasteiger partial charge in [0.15, 0.2) is 0 Å². The van der Waals surface area contributed by atoms with Crippen LogP contribution in [0.1, 0.15) is 24.5 Å². The topological polar surface area (TPSA) is 114 Å². The number of carbonyl (C=O) groups excluding carboxylic acids is 2. The summed E-state index contributed by atoms with van der Waals surface area (Å²) in [5, 5.41) is 2.61. The number of nitrogens with zero attached hydrogens (tertiary/aromatic N) is 2. The molecule has 10 nitrogen and oxygen atoms in total. The fourth-order valence-corrected chi connectivity index (χ4v) is 5.81. The molecule has 0 bridgehead atoms. The second kappa shape index (κ2) is 13.9. The standard InChI is InChI=1S/C30H37N3O7S/c1-7-26(30(35)31-3)32(19-22-9-8-10-23(17-22)38-4)29(34)20-33(27-18-24(39-5)13-16-28(27)40-6)41(36,37)25-14-11-21(2)12-15-25/h8-18,26H,7,19-20H2,1-6H3,(H,31,35)/t26-/m0/s1. The lowest BCUT2D eigenvalue weighted by Crippen LogP contribution is -2.51. The molecule has 41 heavy (non-hydrogen) atoms. The molecule has 0 heterocycles. The number of rotatable bonds is 13. The fourth-order valence-electron chi connectivity index (χ4n) is 4.40. The molecule has 1 atom stereocenters. The van der Waals surface area contributed by atoms with Crippen molar-refractivity contribution < 1.29 is 32.2 Å². The summed E-state index contributed by atoms with van der Waals surface area (Å²) in [4.78, 5) is 28.4. The molecule has 0 saturated carbocycles. The third-order valence-corrected chi connectivity index (χ3v) is 8.44. The maximum atomic E-state index is 14.1. The van der Waals surface area contributed by atoms with E-state index < -0.39 is 28.5 Å². The SMILES string of the molecule is CC[C@@H](C(=O)NC)N(Cc1cccc(OC)c1)C(=O)CN(c1cc(OC)ccc1OC)S(=O)(=O)c1ccc(C)cc1. The molecule has 0 aliphatic rings. The maximum absolute atomic E-state index is 14.1. The van der Waals surface area contributed by atoms with Crippen LogP contribution < -0.4 is 23.8 Å². The van der Waals surface area contributed by atoms with E-state index in [-0.39, 0.29) is 28.8 Å². The lowest BCUT2D eigenvalue weighted by Gasteiger charge is -2.33. The van der Waals surface area contributed by atoms with Gasteiger partial charge in [-0.3, -0.25) is 13.9 Å². The molecule has 0 radical (unpaired) electrons. The molecular formula is C30H37N3O7S. The van der Waals surface area contributed by atoms with Crippen molar-refractivity contribution >= 4 is 27.5 Å². The highest BCUT2D eigenvalue weighted by molar-refractivity contribution is 7.92. The van der Waals surface area contributed by atoms with Gasteiger partial charge in [0.2, 0.25) is 11.8 Å². The summed E-state index contributed by atoms with van der Waals surface area (Å²) >= 11 is 0. The first kappa shape index (κ1) is 31.3. The molecule has 0 aliphatic heterocycles. The molecule has 0 aliphatic carbocycles. The number of methoxy groups -OCH3 is 3. The van der Waals surface area contributed by atoms with E-state index >= 15 is 0 Å². The maximum Gasteiger partial charge on any atom is 0.264 e. The van der Waals surface area contributed by atoms with Crippen molar-refractivity contribution in [1.29, 1.82) is 0 Å². The number of hydrogen-bond donors (Lipinski definition) is 1. The van der Waals surface area contributed by atoms with Crippen LogP contribution in [-0.4, -0.2) is 66.1 Å². The summed E-state index contributed by atoms with van der Waals surface area (Å²) in [6.45, 7) is 3.09. The zero-order valence-corrected chi connectivity index (χ0v) is 25.0. The third-order valence-electron chi connectivity index (χ3n) is 6.66. The van der Waals surface area contributed by atoms with Gasteiger partial charge in [-0.2, -0.15) is 0 Å². The molecule has 0 aromatic heterocycles. The lowest BCUT2D eigenvalue weighted by molar-refractivity contribution is -0.140. The van der Waals surface area contributed by atoms with Crippen molar-refractivity contribution in [2.24, 2.45) is 0 Å². The van der Waals surface area contributed by atoms with E-state index in [1.807, 2.05) is 13.0 Å². The zero-order valence-electron chi connectivity index (χ0n) is 24.2. The van der Waals surface area contributed by atoms with E-state index in [4.69, 9.17) is 14.2 Å². The summed E-state index contributed by atoms with van der Waals surface area (Å²) in [6, 6.07) is 17.3. The van der Waals surface area contributed by atoms with Gasteiger partial charge in [-0.1, -0.05) is 36.8 Å². The molecular weight excluding hydrogens is 546 g/mol. The van der Waals surface area contributed by atoms with Crippen LogP contribution in [0.4, 0.5) is 5.69 Å². The van der Waals surface area contributed by atoms with Crippen LogP contribution >= 0.6 is 0 Å². The Bertz CT molecular complexity index is 1460. The van der Waals surface area contributed by atoms with E-state index in [1.165, 1.54) is 51.5 Å². The molecule has 3 aromatic carbocycles. The van der Waals surface area contributed by atoms with Gasteiger partial charge in [-0.05, 0) is 55.3 Å². The molecule has 2 amide bonds. The number of sulfonamides is 1. The van der Waals surface area contributed by atoms with Crippen molar-refractivity contribution in [3.8, 4) is 17.2 Å². The number of benzene rings is 3. The van der Waals surface area contributed by atoms with Gasteiger partial charge in [-0.15, -0.1) is 0 Å². The van der Waals surface area contributed by atoms with E-state index in [9.17, 15) is 18.0 Å². The van der Waals surface area contributed by atoms with E-state index in [2.05, 4.69) is 5.32 Å². The minimum absolute atomic E-state index is 0.00142. The predicted molar refractivity (Wildman–Crippen MR) is 157 cm³/mol. The van der Waals surface area contributed by atoms with Crippen molar-refractivity contribution in [2.75, 3.05) is 39.2 Å². The Morgan fingerprint density at radius 3 is 2.15 bits per heavy atom. The van der Waals surface area contributed by atoms with Crippen molar-refractivity contribution in [2.45, 2.75) is 37.8 Å². The average molecular weight is 584 g/mol. The smallest absolute Gasteiger partial charge is 0.264 e. The largest absolute Gasteiger partial charge is 0.497 e. The quantitative estimate of drug-likeness (QED) is 0.326. The van der Waals surface area contributed by atoms with Crippen LogP contribution in [0.15, 0.2) is 71.6 Å². The molecule has 0 saturated heterocycles. The molecule has 0 spiro atoms. The second-order valence-electron chi connectivity index (χ2n) is 9.27. The van der Waals surface area contributed by atoms with Crippen molar-refractivity contribution in [1.82, 2.24) is 10.2 Å². The van der Waals surface area contributed by atoms with Crippen LogP contribution in [0.2, 0.25) is 0 Å². The Morgan fingerprint density at radius 2 is 1.56 bits per heavy atom. The van der Waals surface area contributed by atoms with Gasteiger partial charge in [0.05, 0.1) is 31.9 Å². The molecule has 220 valence electrons. The highest BCUT2D eigenvalue weighted by Gasteiger charge is 2.34. The first-order valence-corrected chi connectivity index (χ1v) is 14.5.